The third-order valence-corrected chi connectivity index (χ3v) is 6.00. The van der Waals surface area contributed by atoms with E-state index in [0.717, 1.165) is 5.92 Å². The van der Waals surface area contributed by atoms with Crippen LogP contribution in [0.4, 0.5) is 0 Å². The molecule has 0 spiro atoms. The Kier molecular flexibility index (Phi) is 7.38. The van der Waals surface area contributed by atoms with Crippen molar-refractivity contribution < 1.29 is 0 Å². The fourth-order valence-corrected chi connectivity index (χ4v) is 4.37. The minimum absolute atomic E-state index is 0.715. The maximum Gasteiger partial charge on any atom is 0.000525 e. The van der Waals surface area contributed by atoms with Crippen molar-refractivity contribution in [2.24, 2.45) is 11.8 Å². The first-order valence-corrected chi connectivity index (χ1v) is 10.7. The highest BCUT2D eigenvalue weighted by atomic mass is 35.5. The second-order valence-corrected chi connectivity index (χ2v) is 8.03. The largest absolute Gasteiger partial charge is 0.0933 e. The molecule has 0 aliphatic heterocycles. The first-order chi connectivity index (χ1) is 12.8. The summed E-state index contributed by atoms with van der Waals surface area (Å²) in [4.78, 5) is 0. The van der Waals surface area contributed by atoms with E-state index in [-0.39, 0.29) is 0 Å². The van der Waals surface area contributed by atoms with Crippen molar-refractivity contribution in [2.45, 2.75) is 58.3 Å². The molecule has 0 saturated heterocycles. The van der Waals surface area contributed by atoms with Crippen molar-refractivity contribution in [1.29, 1.82) is 0 Å². The van der Waals surface area contributed by atoms with Crippen LogP contribution in [0.1, 0.15) is 56.6 Å². The SMILES string of the molecule is CCCc1ccc(-c2ccc(CCC3CCC(/C=C/Cl)CC3)cc2)cc1. The summed E-state index contributed by atoms with van der Waals surface area (Å²) in [6, 6.07) is 18.2. The lowest BCUT2D eigenvalue weighted by Crippen LogP contribution is -2.13. The van der Waals surface area contributed by atoms with Crippen LogP contribution in [-0.4, -0.2) is 0 Å². The quantitative estimate of drug-likeness (QED) is 0.468. The molecule has 1 heteroatoms. The second-order valence-electron chi connectivity index (χ2n) is 7.78. The summed E-state index contributed by atoms with van der Waals surface area (Å²) in [5, 5.41) is 0. The highest BCUT2D eigenvalue weighted by molar-refractivity contribution is 6.25. The van der Waals surface area contributed by atoms with Gasteiger partial charge in [0.05, 0.1) is 0 Å². The van der Waals surface area contributed by atoms with E-state index in [1.165, 1.54) is 73.6 Å². The Morgan fingerprint density at radius 2 is 1.35 bits per heavy atom. The predicted molar refractivity (Wildman–Crippen MR) is 115 cm³/mol. The number of benzene rings is 2. The third-order valence-electron chi connectivity index (χ3n) is 5.86. The number of hydrogen-bond donors (Lipinski definition) is 0. The van der Waals surface area contributed by atoms with Crippen molar-refractivity contribution in [3.8, 4) is 11.1 Å². The van der Waals surface area contributed by atoms with E-state index in [1.54, 1.807) is 5.54 Å². The Morgan fingerprint density at radius 3 is 1.85 bits per heavy atom. The minimum atomic E-state index is 0.715. The van der Waals surface area contributed by atoms with Crippen molar-refractivity contribution in [1.82, 2.24) is 0 Å². The molecule has 26 heavy (non-hydrogen) atoms. The van der Waals surface area contributed by atoms with Gasteiger partial charge in [-0.15, -0.1) is 0 Å². The molecule has 3 rings (SSSR count). The summed E-state index contributed by atoms with van der Waals surface area (Å²) in [5.41, 5.74) is 7.25. The van der Waals surface area contributed by atoms with Gasteiger partial charge >= 0.3 is 0 Å². The molecule has 0 nitrogen and oxygen atoms in total. The molecule has 0 heterocycles. The average molecular weight is 367 g/mol. The summed E-state index contributed by atoms with van der Waals surface area (Å²) < 4.78 is 0. The molecule has 0 N–H and O–H groups in total. The molecule has 0 amide bonds. The van der Waals surface area contributed by atoms with Crippen LogP contribution in [0.2, 0.25) is 0 Å². The average Bonchev–Trinajstić information content (AvgIpc) is 2.69. The normalized spacial score (nSPS) is 20.5. The Labute approximate surface area is 164 Å². The number of hydrogen-bond acceptors (Lipinski definition) is 0. The van der Waals surface area contributed by atoms with Gasteiger partial charge in [-0.05, 0) is 79.0 Å². The lowest BCUT2D eigenvalue weighted by atomic mass is 9.79. The molecular formula is C25H31Cl. The molecular weight excluding hydrogens is 336 g/mol. The van der Waals surface area contributed by atoms with Crippen LogP contribution < -0.4 is 0 Å². The van der Waals surface area contributed by atoms with Gasteiger partial charge < -0.3 is 0 Å². The molecule has 0 radical (unpaired) electrons. The smallest absolute Gasteiger partial charge is 0.000525 e. The number of allylic oxidation sites excluding steroid dienone is 1. The molecule has 1 saturated carbocycles. The second kappa shape index (κ2) is 9.97. The van der Waals surface area contributed by atoms with Crippen LogP contribution in [0.3, 0.4) is 0 Å². The number of rotatable bonds is 7. The Morgan fingerprint density at radius 1 is 0.808 bits per heavy atom. The van der Waals surface area contributed by atoms with Crippen LogP contribution in [-0.2, 0) is 12.8 Å². The minimum Gasteiger partial charge on any atom is -0.0933 e. The highest BCUT2D eigenvalue weighted by Gasteiger charge is 2.19. The van der Waals surface area contributed by atoms with Gasteiger partial charge in [0.15, 0.2) is 0 Å². The summed E-state index contributed by atoms with van der Waals surface area (Å²) in [6.07, 6.45) is 12.4. The predicted octanol–water partition coefficient (Wildman–Crippen LogP) is 7.80. The molecule has 138 valence electrons. The highest BCUT2D eigenvalue weighted by Crippen LogP contribution is 2.32. The topological polar surface area (TPSA) is 0 Å². The van der Waals surface area contributed by atoms with Gasteiger partial charge in [0.25, 0.3) is 0 Å². The van der Waals surface area contributed by atoms with Gasteiger partial charge in [0.2, 0.25) is 0 Å². The Hall–Kier alpha value is -1.53. The van der Waals surface area contributed by atoms with E-state index in [1.807, 2.05) is 0 Å². The monoisotopic (exact) mass is 366 g/mol. The van der Waals surface area contributed by atoms with Gasteiger partial charge in [0.1, 0.15) is 0 Å². The number of aryl methyl sites for hydroxylation is 2. The lowest BCUT2D eigenvalue weighted by molar-refractivity contribution is 0.296. The van der Waals surface area contributed by atoms with E-state index in [4.69, 9.17) is 11.6 Å². The zero-order chi connectivity index (χ0) is 18.2. The molecule has 0 atom stereocenters. The van der Waals surface area contributed by atoms with Gasteiger partial charge in [0, 0.05) is 5.54 Å². The molecule has 0 aromatic heterocycles. The van der Waals surface area contributed by atoms with E-state index in [9.17, 15) is 0 Å². The first kappa shape index (κ1) is 19.2. The first-order valence-electron chi connectivity index (χ1n) is 10.2. The summed E-state index contributed by atoms with van der Waals surface area (Å²) >= 11 is 5.71. The Balaban J connectivity index is 1.50. The van der Waals surface area contributed by atoms with E-state index < -0.39 is 0 Å². The molecule has 0 bridgehead atoms. The fourth-order valence-electron chi connectivity index (χ4n) is 4.16. The van der Waals surface area contributed by atoms with Crippen LogP contribution in [0.25, 0.3) is 11.1 Å². The summed E-state index contributed by atoms with van der Waals surface area (Å²) in [7, 11) is 0. The van der Waals surface area contributed by atoms with Crippen LogP contribution in [0, 0.1) is 11.8 Å². The molecule has 1 aliphatic carbocycles. The van der Waals surface area contributed by atoms with Gasteiger partial charge in [-0.1, -0.05) is 79.6 Å². The molecule has 2 aromatic carbocycles. The molecule has 2 aromatic rings. The Bertz CT molecular complexity index is 673. The van der Waals surface area contributed by atoms with Crippen LogP contribution in [0.15, 0.2) is 60.1 Å². The van der Waals surface area contributed by atoms with E-state index >= 15 is 0 Å². The summed E-state index contributed by atoms with van der Waals surface area (Å²) in [5.74, 6) is 1.60. The zero-order valence-corrected chi connectivity index (χ0v) is 16.7. The maximum absolute atomic E-state index is 5.71. The van der Waals surface area contributed by atoms with Gasteiger partial charge in [-0.25, -0.2) is 0 Å². The molecule has 1 aliphatic rings. The van der Waals surface area contributed by atoms with Crippen molar-refractivity contribution in [3.63, 3.8) is 0 Å². The lowest BCUT2D eigenvalue weighted by Gasteiger charge is -2.26. The van der Waals surface area contributed by atoms with Crippen molar-refractivity contribution in [3.05, 3.63) is 71.3 Å². The molecule has 1 fully saturated rings. The van der Waals surface area contributed by atoms with Crippen LogP contribution >= 0.6 is 11.6 Å². The van der Waals surface area contributed by atoms with Crippen molar-refractivity contribution in [2.75, 3.05) is 0 Å². The third kappa shape index (κ3) is 5.48. The van der Waals surface area contributed by atoms with E-state index in [0.29, 0.717) is 5.92 Å². The van der Waals surface area contributed by atoms with Crippen molar-refractivity contribution >= 4 is 11.6 Å². The number of halogens is 1. The van der Waals surface area contributed by atoms with E-state index in [2.05, 4.69) is 61.5 Å². The fraction of sp³-hybridized carbons (Fsp3) is 0.440. The van der Waals surface area contributed by atoms with Gasteiger partial charge in [-0.3, -0.25) is 0 Å². The zero-order valence-electron chi connectivity index (χ0n) is 16.0. The van der Waals surface area contributed by atoms with Gasteiger partial charge in [-0.2, -0.15) is 0 Å². The molecule has 0 unspecified atom stereocenters. The maximum atomic E-state index is 5.71. The van der Waals surface area contributed by atoms with Crippen LogP contribution in [0.5, 0.6) is 0 Å². The standard InChI is InChI=1S/C25H31Cl/c1-2-3-20-10-14-24(15-11-20)25-16-12-22(13-17-25)5-4-21-6-8-23(9-7-21)18-19-26/h10-19,21,23H,2-9H2,1H3/b19-18+. The summed E-state index contributed by atoms with van der Waals surface area (Å²) in [6.45, 7) is 2.23.